The standard InChI is InChI=1S/C14H18BrNO/c1-3-5-13(4-2)16-10-11-17-14-8-6-12(15)7-9-14/h2,6-9,13,16H,3,5,10-11H2,1H3. The topological polar surface area (TPSA) is 21.3 Å². The van der Waals surface area contributed by atoms with Gasteiger partial charge in [-0.15, -0.1) is 6.42 Å². The quantitative estimate of drug-likeness (QED) is 0.616. The smallest absolute Gasteiger partial charge is 0.119 e. The van der Waals surface area contributed by atoms with Gasteiger partial charge >= 0.3 is 0 Å². The van der Waals surface area contributed by atoms with E-state index in [0.717, 1.165) is 29.6 Å². The van der Waals surface area contributed by atoms with Crippen LogP contribution in [0.3, 0.4) is 0 Å². The maximum Gasteiger partial charge on any atom is 0.119 e. The summed E-state index contributed by atoms with van der Waals surface area (Å²) < 4.78 is 6.64. The van der Waals surface area contributed by atoms with E-state index in [1.165, 1.54) is 0 Å². The third-order valence-corrected chi connectivity index (χ3v) is 2.88. The van der Waals surface area contributed by atoms with Crippen LogP contribution in [0.5, 0.6) is 5.75 Å². The summed E-state index contributed by atoms with van der Waals surface area (Å²) in [5.41, 5.74) is 0. The molecule has 0 fully saturated rings. The van der Waals surface area contributed by atoms with Gasteiger partial charge in [-0.25, -0.2) is 0 Å². The minimum Gasteiger partial charge on any atom is -0.492 e. The van der Waals surface area contributed by atoms with Crippen molar-refractivity contribution in [3.8, 4) is 18.1 Å². The highest BCUT2D eigenvalue weighted by Crippen LogP contribution is 2.15. The van der Waals surface area contributed by atoms with Crippen LogP contribution in [0.1, 0.15) is 19.8 Å². The molecule has 2 nitrogen and oxygen atoms in total. The Hall–Kier alpha value is -0.980. The highest BCUT2D eigenvalue weighted by atomic mass is 79.9. The first kappa shape index (κ1) is 14.1. The molecule has 1 N–H and O–H groups in total. The van der Waals surface area contributed by atoms with Gasteiger partial charge in [0.2, 0.25) is 0 Å². The van der Waals surface area contributed by atoms with Crippen LogP contribution in [-0.2, 0) is 0 Å². The second-order valence-corrected chi connectivity index (χ2v) is 4.68. The number of nitrogens with one attached hydrogen (secondary N) is 1. The van der Waals surface area contributed by atoms with E-state index >= 15 is 0 Å². The molecule has 1 aromatic carbocycles. The molecule has 0 heterocycles. The van der Waals surface area contributed by atoms with Gasteiger partial charge in [-0.2, -0.15) is 0 Å². The molecule has 0 radical (unpaired) electrons. The van der Waals surface area contributed by atoms with Gasteiger partial charge in [-0.3, -0.25) is 0 Å². The van der Waals surface area contributed by atoms with Gasteiger partial charge in [0.25, 0.3) is 0 Å². The van der Waals surface area contributed by atoms with Crippen molar-refractivity contribution in [3.05, 3.63) is 28.7 Å². The van der Waals surface area contributed by atoms with Crippen molar-refractivity contribution in [3.63, 3.8) is 0 Å². The maximum absolute atomic E-state index is 5.58. The summed E-state index contributed by atoms with van der Waals surface area (Å²) >= 11 is 3.38. The molecule has 1 unspecified atom stereocenters. The van der Waals surface area contributed by atoms with Crippen LogP contribution < -0.4 is 10.1 Å². The van der Waals surface area contributed by atoms with E-state index in [2.05, 4.69) is 34.1 Å². The summed E-state index contributed by atoms with van der Waals surface area (Å²) in [6.45, 7) is 3.53. The number of benzene rings is 1. The molecule has 0 bridgehead atoms. The second kappa shape index (κ2) is 8.16. The molecule has 0 saturated carbocycles. The monoisotopic (exact) mass is 295 g/mol. The second-order valence-electron chi connectivity index (χ2n) is 3.76. The summed E-state index contributed by atoms with van der Waals surface area (Å²) in [6.07, 6.45) is 7.51. The van der Waals surface area contributed by atoms with Gasteiger partial charge in [0.05, 0.1) is 6.04 Å². The maximum atomic E-state index is 5.58. The minimum absolute atomic E-state index is 0.161. The Labute approximate surface area is 112 Å². The van der Waals surface area contributed by atoms with Gasteiger partial charge in [0.1, 0.15) is 12.4 Å². The van der Waals surface area contributed by atoms with Crippen molar-refractivity contribution in [2.24, 2.45) is 0 Å². The summed E-state index contributed by atoms with van der Waals surface area (Å²) in [5, 5.41) is 3.28. The number of hydrogen-bond donors (Lipinski definition) is 1. The molecular formula is C14H18BrNO. The van der Waals surface area contributed by atoms with E-state index in [4.69, 9.17) is 11.2 Å². The van der Waals surface area contributed by atoms with Gasteiger partial charge in [-0.05, 0) is 30.7 Å². The summed E-state index contributed by atoms with van der Waals surface area (Å²) in [6, 6.07) is 7.96. The van der Waals surface area contributed by atoms with E-state index in [1.54, 1.807) is 0 Å². The largest absolute Gasteiger partial charge is 0.492 e. The Kier molecular flexibility index (Phi) is 6.76. The van der Waals surface area contributed by atoms with Gasteiger partial charge in [0, 0.05) is 11.0 Å². The predicted octanol–water partition coefficient (Wildman–Crippen LogP) is 3.22. The third kappa shape index (κ3) is 5.76. The average Bonchev–Trinajstić information content (AvgIpc) is 2.35. The summed E-state index contributed by atoms with van der Waals surface area (Å²) in [5.74, 6) is 3.61. The Morgan fingerprint density at radius 2 is 2.12 bits per heavy atom. The van der Waals surface area contributed by atoms with E-state index in [9.17, 15) is 0 Å². The molecule has 17 heavy (non-hydrogen) atoms. The SMILES string of the molecule is C#CC(CCC)NCCOc1ccc(Br)cc1. The zero-order valence-electron chi connectivity index (χ0n) is 10.1. The Balaban J connectivity index is 2.20. The Bertz CT molecular complexity index is 355. The molecule has 1 rings (SSSR count). The number of halogens is 1. The van der Waals surface area contributed by atoms with Crippen LogP contribution in [-0.4, -0.2) is 19.2 Å². The highest BCUT2D eigenvalue weighted by molar-refractivity contribution is 9.10. The van der Waals surface area contributed by atoms with Crippen molar-refractivity contribution < 1.29 is 4.74 Å². The van der Waals surface area contributed by atoms with Crippen molar-refractivity contribution in [2.75, 3.05) is 13.2 Å². The van der Waals surface area contributed by atoms with Crippen LogP contribution in [0.4, 0.5) is 0 Å². The van der Waals surface area contributed by atoms with E-state index in [1.807, 2.05) is 24.3 Å². The van der Waals surface area contributed by atoms with Crippen LogP contribution in [0.2, 0.25) is 0 Å². The molecule has 0 aromatic heterocycles. The minimum atomic E-state index is 0.161. The zero-order chi connectivity index (χ0) is 12.5. The van der Waals surface area contributed by atoms with Crippen molar-refractivity contribution in [1.29, 1.82) is 0 Å². The first-order chi connectivity index (χ1) is 8.26. The van der Waals surface area contributed by atoms with Gasteiger partial charge in [-0.1, -0.05) is 35.2 Å². The lowest BCUT2D eigenvalue weighted by atomic mass is 10.2. The predicted molar refractivity (Wildman–Crippen MR) is 75.2 cm³/mol. The number of ether oxygens (including phenoxy) is 1. The lowest BCUT2D eigenvalue weighted by Crippen LogP contribution is -2.31. The van der Waals surface area contributed by atoms with Crippen LogP contribution in [0, 0.1) is 12.3 Å². The Morgan fingerprint density at radius 3 is 2.71 bits per heavy atom. The van der Waals surface area contributed by atoms with Gasteiger partial charge < -0.3 is 10.1 Å². The van der Waals surface area contributed by atoms with Crippen molar-refractivity contribution in [1.82, 2.24) is 5.32 Å². The molecule has 1 aromatic rings. The lowest BCUT2D eigenvalue weighted by Gasteiger charge is -2.12. The fraction of sp³-hybridized carbons (Fsp3) is 0.429. The average molecular weight is 296 g/mol. The molecular weight excluding hydrogens is 278 g/mol. The van der Waals surface area contributed by atoms with E-state index in [-0.39, 0.29) is 6.04 Å². The molecule has 1 atom stereocenters. The third-order valence-electron chi connectivity index (χ3n) is 2.35. The van der Waals surface area contributed by atoms with Crippen LogP contribution in [0.25, 0.3) is 0 Å². The molecule has 0 aliphatic carbocycles. The first-order valence-corrected chi connectivity index (χ1v) is 6.63. The summed E-state index contributed by atoms with van der Waals surface area (Å²) in [7, 11) is 0. The highest BCUT2D eigenvalue weighted by Gasteiger charge is 2.01. The molecule has 3 heteroatoms. The fourth-order valence-corrected chi connectivity index (χ4v) is 1.73. The van der Waals surface area contributed by atoms with Crippen LogP contribution in [0.15, 0.2) is 28.7 Å². The molecule has 92 valence electrons. The molecule has 0 amide bonds. The van der Waals surface area contributed by atoms with Crippen molar-refractivity contribution >= 4 is 15.9 Å². The fourth-order valence-electron chi connectivity index (χ4n) is 1.47. The normalized spacial score (nSPS) is 11.8. The zero-order valence-corrected chi connectivity index (χ0v) is 11.7. The molecule has 0 aliphatic heterocycles. The van der Waals surface area contributed by atoms with E-state index in [0.29, 0.717) is 6.61 Å². The summed E-state index contributed by atoms with van der Waals surface area (Å²) in [4.78, 5) is 0. The molecule has 0 saturated heterocycles. The van der Waals surface area contributed by atoms with E-state index < -0.39 is 0 Å². The number of rotatable bonds is 7. The Morgan fingerprint density at radius 1 is 1.41 bits per heavy atom. The van der Waals surface area contributed by atoms with Crippen LogP contribution >= 0.6 is 15.9 Å². The molecule has 0 aliphatic rings. The number of terminal acetylenes is 1. The lowest BCUT2D eigenvalue weighted by molar-refractivity contribution is 0.309. The number of hydrogen-bond acceptors (Lipinski definition) is 2. The molecule has 0 spiro atoms. The first-order valence-electron chi connectivity index (χ1n) is 5.84. The van der Waals surface area contributed by atoms with Gasteiger partial charge in [0.15, 0.2) is 0 Å². The van der Waals surface area contributed by atoms with Crippen molar-refractivity contribution in [2.45, 2.75) is 25.8 Å².